The van der Waals surface area contributed by atoms with Crippen LogP contribution >= 0.6 is 28.3 Å². The molecule has 428 valence electrons. The summed E-state index contributed by atoms with van der Waals surface area (Å²) in [5.74, 6) is -0.375. The van der Waals surface area contributed by atoms with Crippen LogP contribution in [-0.4, -0.2) is 68.7 Å². The number of benzene rings is 4. The SMILES string of the molecule is Cl.O=COCC1CNC1.[2H]C([2H])([2H])/C(=N\OC([2H])([2H])c1ccc(C2CCCCC2)c(C(F)(F)F)c1)c1ccc(C([2H])([2H])Br)c(C([2H])([2H])C([2H])([2H])[2H])c1.[2H]C([2H])([2H])/C(=N\OC([2H])([2H])c1ccc(C2CCCCC2)c(C(F)(F)F)c1)c1ccc(C([2H])([2H])N2CC(COC=O)C2)c(C([2H])([2H])C([2H])([2H])[2H])c1. The average molecular weight is 1200 g/mol. The molecule has 10 nitrogen and oxygen atoms in total. The number of nitrogens with zero attached hydrogens (tertiary/aromatic N) is 3. The van der Waals surface area contributed by atoms with Crippen molar-refractivity contribution in [3.63, 3.8) is 0 Å². The predicted octanol–water partition coefficient (Wildman–Crippen LogP) is 14.8. The summed E-state index contributed by atoms with van der Waals surface area (Å²) in [7, 11) is 0. The van der Waals surface area contributed by atoms with Crippen molar-refractivity contribution in [1.29, 1.82) is 0 Å². The van der Waals surface area contributed by atoms with Gasteiger partial charge in [0.05, 0.1) is 41.2 Å². The summed E-state index contributed by atoms with van der Waals surface area (Å²) in [6.45, 7) is -18.2. The zero-order chi connectivity index (χ0) is 76.1. The van der Waals surface area contributed by atoms with Gasteiger partial charge in [-0.05, 0) is 144 Å². The van der Waals surface area contributed by atoms with E-state index in [-0.39, 0.29) is 67.5 Å². The Morgan fingerprint density at radius 2 is 1.12 bits per heavy atom. The smallest absolute Gasteiger partial charge is 0.416 e. The van der Waals surface area contributed by atoms with Gasteiger partial charge in [0.2, 0.25) is 0 Å². The van der Waals surface area contributed by atoms with Crippen LogP contribution in [0.4, 0.5) is 26.3 Å². The fraction of sp³-hybridized carbons (Fsp3) is 0.533. The lowest BCUT2D eigenvalue weighted by atomic mass is 9.81. The molecule has 0 atom stereocenters. The molecule has 4 fully saturated rings. The molecule has 2 aliphatic carbocycles. The third kappa shape index (κ3) is 19.1. The van der Waals surface area contributed by atoms with E-state index < -0.39 is 144 Å². The van der Waals surface area contributed by atoms with Crippen LogP contribution in [-0.2, 0) is 78.7 Å². The summed E-state index contributed by atoms with van der Waals surface area (Å²) >= 11 is 2.72. The maximum Gasteiger partial charge on any atom is 0.416 e. The summed E-state index contributed by atoms with van der Waals surface area (Å²) in [6.07, 6.45) is -8.89. The van der Waals surface area contributed by atoms with E-state index in [9.17, 15) is 35.9 Å². The van der Waals surface area contributed by atoms with Crippen LogP contribution in [0.3, 0.4) is 0 Å². The highest BCUT2D eigenvalue weighted by molar-refractivity contribution is 9.08. The van der Waals surface area contributed by atoms with Gasteiger partial charge in [0.15, 0.2) is 0 Å². The Hall–Kier alpha value is -4.97. The average Bonchev–Trinajstić information content (AvgIpc) is 0.736. The van der Waals surface area contributed by atoms with E-state index in [1.165, 1.54) is 17.0 Å². The lowest BCUT2D eigenvalue weighted by Crippen LogP contribution is -2.48. The van der Waals surface area contributed by atoms with Gasteiger partial charge in [-0.15, -0.1) is 12.4 Å². The Morgan fingerprint density at radius 3 is 1.53 bits per heavy atom. The van der Waals surface area contributed by atoms with Gasteiger partial charge in [-0.1, -0.05) is 127 Å². The van der Waals surface area contributed by atoms with Gasteiger partial charge in [0, 0.05) is 77.2 Å². The van der Waals surface area contributed by atoms with Crippen molar-refractivity contribution in [3.8, 4) is 0 Å². The number of hydrogen-bond donors (Lipinski definition) is 1. The van der Waals surface area contributed by atoms with Crippen molar-refractivity contribution in [3.05, 3.63) is 140 Å². The van der Waals surface area contributed by atoms with Gasteiger partial charge < -0.3 is 24.5 Å². The van der Waals surface area contributed by atoms with E-state index in [1.54, 1.807) is 0 Å². The minimum atomic E-state index is -4.82. The number of rotatable bonds is 21. The second kappa shape index (κ2) is 31.7. The Morgan fingerprint density at radius 1 is 0.654 bits per heavy atom. The molecule has 0 aromatic heterocycles. The number of carbonyl (C=O) groups excluding carboxylic acids is 2. The molecule has 2 heterocycles. The summed E-state index contributed by atoms with van der Waals surface area (Å²) in [5.41, 5.74) is -8.35. The largest absolute Gasteiger partial charge is 0.468 e. The van der Waals surface area contributed by atoms with Crippen LogP contribution < -0.4 is 5.32 Å². The van der Waals surface area contributed by atoms with Crippen molar-refractivity contribution in [1.82, 2.24) is 10.2 Å². The second-order valence-electron chi connectivity index (χ2n) is 18.7. The van der Waals surface area contributed by atoms with Crippen LogP contribution in [0.25, 0.3) is 0 Å². The van der Waals surface area contributed by atoms with Gasteiger partial charge in [-0.3, -0.25) is 14.5 Å². The lowest BCUT2D eigenvalue weighted by molar-refractivity contribution is -0.139. The first-order valence-electron chi connectivity index (χ1n) is 36.7. The molecule has 0 amide bonds. The van der Waals surface area contributed by atoms with Crippen molar-refractivity contribution >= 4 is 52.7 Å². The fourth-order valence-electron chi connectivity index (χ4n) is 9.14. The van der Waals surface area contributed by atoms with Crippen LogP contribution in [0.2, 0.25) is 0 Å². The second-order valence-corrected chi connectivity index (χ2v) is 19.1. The number of carbonyl (C=O) groups is 2. The molecule has 4 aliphatic rings. The van der Waals surface area contributed by atoms with Gasteiger partial charge in [0.25, 0.3) is 12.9 Å². The number of likely N-dealkylation sites (tertiary alicyclic amines) is 1. The Bertz CT molecular complexity index is 3570. The highest BCUT2D eigenvalue weighted by atomic mass is 79.9. The summed E-state index contributed by atoms with van der Waals surface area (Å²) in [4.78, 5) is 31.3. The molecular formula is C60H76BrClF6N4O6. The molecule has 78 heavy (non-hydrogen) atoms. The maximum atomic E-state index is 14.2. The predicted molar refractivity (Wildman–Crippen MR) is 299 cm³/mol. The zero-order valence-electron chi connectivity index (χ0n) is 66.1. The molecule has 2 saturated heterocycles. The maximum absolute atomic E-state index is 14.2. The summed E-state index contributed by atoms with van der Waals surface area (Å²) < 4.78 is 288. The first-order chi connectivity index (χ1) is 46.2. The standard InChI is InChI=1S/C30H37F3N2O3.C25H29BrF3NO.C5H9NO2.ClH/c1-3-24-14-26(10-11-27(24)17-35-15-23(16-35)18-37-20-36)21(2)34-38-19-22-9-12-28(25-7-5-4-6-8-25)29(13-22)30(31,32)33;1-3-19-14-21(10-11-22(19)15-26)17(2)30-31-16-18-9-12-23(20-7-5-4-6-8-20)24(13-18)25(27,28)29;7-4-8-3-5-1-6-2-5;/h9-14,20,23,25H,3-8,15-19H2,1-2H3;9-14,20H,3-8,15-16H2,1-2H3;4-6H,1-3H2;1H/b34-21+;30-17+;;/i1D3,2D3,3D2,17D2,19D2;1D3,2D3,3D2,15D2,16D2;;. The minimum Gasteiger partial charge on any atom is -0.468 e. The van der Waals surface area contributed by atoms with Gasteiger partial charge in [-0.2, -0.15) is 26.3 Å². The number of halogens is 8. The Kier molecular flexibility index (Phi) is 15.1. The van der Waals surface area contributed by atoms with E-state index >= 15 is 0 Å². The van der Waals surface area contributed by atoms with Crippen molar-refractivity contribution in [2.75, 3.05) is 39.4 Å². The highest BCUT2D eigenvalue weighted by Gasteiger charge is 2.37. The number of ether oxygens (including phenoxy) is 2. The number of nitrogens with one attached hydrogen (secondary N) is 1. The van der Waals surface area contributed by atoms with Crippen LogP contribution in [0, 0.1) is 11.8 Å². The van der Waals surface area contributed by atoms with Crippen LogP contribution in [0.15, 0.2) is 83.1 Å². The van der Waals surface area contributed by atoms with Crippen molar-refractivity contribution in [2.45, 2.75) is 153 Å². The number of alkyl halides is 7. The molecule has 2 aliphatic heterocycles. The number of oxime groups is 2. The first-order valence-corrected chi connectivity index (χ1v) is 25.5. The quantitative estimate of drug-likeness (QED) is 0.0289. The Balaban J connectivity index is 0.000000330. The van der Waals surface area contributed by atoms with E-state index in [4.69, 9.17) is 47.3 Å². The van der Waals surface area contributed by atoms with E-state index in [0.29, 0.717) is 56.8 Å². The molecule has 4 aromatic rings. The highest BCUT2D eigenvalue weighted by Crippen LogP contribution is 2.43. The number of hydrogen-bond acceptors (Lipinski definition) is 10. The monoisotopic (exact) mass is 1200 g/mol. The summed E-state index contributed by atoms with van der Waals surface area (Å²) in [5, 5.41) is 7.56. The molecule has 4 aromatic carbocycles. The molecule has 0 spiro atoms. The summed E-state index contributed by atoms with van der Waals surface area (Å²) in [6, 6.07) is 11.4. The molecule has 8 rings (SSSR count). The van der Waals surface area contributed by atoms with E-state index in [2.05, 4.69) is 36.3 Å². The molecule has 18 heteroatoms. The van der Waals surface area contributed by atoms with Gasteiger partial charge in [-0.25, -0.2) is 0 Å². The lowest BCUT2D eigenvalue weighted by Gasteiger charge is -2.39. The normalized spacial score (nSPS) is 23.3. The van der Waals surface area contributed by atoms with Crippen molar-refractivity contribution < 1.29 is 88.0 Å². The molecular weight excluding hydrogens is 1100 g/mol. The van der Waals surface area contributed by atoms with E-state index in [0.717, 1.165) is 100 Å². The molecule has 2 saturated carbocycles. The minimum absolute atomic E-state index is 0. The topological polar surface area (TPSA) is 111 Å². The molecule has 0 bridgehead atoms. The van der Waals surface area contributed by atoms with Crippen LogP contribution in [0.5, 0.6) is 0 Å². The molecule has 0 radical (unpaired) electrons. The van der Waals surface area contributed by atoms with E-state index in [1.807, 2.05) is 0 Å². The number of aryl methyl sites for hydroxylation is 2. The first kappa shape index (κ1) is 37.1. The van der Waals surface area contributed by atoms with Crippen molar-refractivity contribution in [2.24, 2.45) is 22.1 Å². The fourth-order valence-corrected chi connectivity index (χ4v) is 9.49. The van der Waals surface area contributed by atoms with Gasteiger partial charge in [0.1, 0.15) is 13.1 Å². The molecule has 1 N–H and O–H groups in total. The molecule has 0 unspecified atom stereocenters. The Labute approximate surface area is 504 Å². The van der Waals surface area contributed by atoms with Gasteiger partial charge >= 0.3 is 12.4 Å². The van der Waals surface area contributed by atoms with Crippen LogP contribution in [0.1, 0.15) is 203 Å². The zero-order valence-corrected chi connectivity index (χ0v) is 44.5. The third-order valence-electron chi connectivity index (χ3n) is 13.3. The third-order valence-corrected chi connectivity index (χ3v) is 13.7.